The first-order valence-electron chi connectivity index (χ1n) is 9.18. The predicted octanol–water partition coefficient (Wildman–Crippen LogP) is 3.72. The Morgan fingerprint density at radius 2 is 1.75 bits per heavy atom. The highest BCUT2D eigenvalue weighted by Crippen LogP contribution is 2.19. The van der Waals surface area contributed by atoms with Crippen LogP contribution in [0, 0.1) is 5.92 Å². The lowest BCUT2D eigenvalue weighted by Gasteiger charge is -2.25. The molecular weight excluding hydrogens is 378 g/mol. The Balaban J connectivity index is 2.18. The average molecular weight is 406 g/mol. The van der Waals surface area contributed by atoms with Crippen molar-refractivity contribution in [3.05, 3.63) is 59.7 Å². The van der Waals surface area contributed by atoms with Gasteiger partial charge >= 0.3 is 10.1 Å². The molecule has 0 saturated carbocycles. The summed E-state index contributed by atoms with van der Waals surface area (Å²) in [4.78, 5) is 14.8. The summed E-state index contributed by atoms with van der Waals surface area (Å²) in [7, 11) is -1.99. The van der Waals surface area contributed by atoms with Gasteiger partial charge in [0.15, 0.2) is 0 Å². The third-order valence-corrected chi connectivity index (χ3v) is 5.22. The van der Waals surface area contributed by atoms with Crippen LogP contribution in [0.1, 0.15) is 36.7 Å². The van der Waals surface area contributed by atoms with E-state index in [4.69, 9.17) is 8.92 Å². The standard InChI is InChI=1S/C21H27NO5S/c1-5-28(24,25)27-19-11-9-17(10-12-19)15-22(14-16(2)3)21(23)18-7-6-8-20(13-18)26-4/h6-13,16H,5,14-15H2,1-4H3. The molecule has 6 nitrogen and oxygen atoms in total. The average Bonchev–Trinajstić information content (AvgIpc) is 2.68. The number of benzene rings is 2. The second-order valence-electron chi connectivity index (χ2n) is 6.89. The molecule has 0 spiro atoms. The molecule has 0 heterocycles. The molecule has 0 saturated heterocycles. The molecule has 2 aromatic rings. The van der Waals surface area contributed by atoms with Crippen LogP contribution < -0.4 is 8.92 Å². The maximum absolute atomic E-state index is 13.0. The molecule has 28 heavy (non-hydrogen) atoms. The van der Waals surface area contributed by atoms with Crippen LogP contribution in [0.4, 0.5) is 0 Å². The van der Waals surface area contributed by atoms with Crippen LogP contribution in [-0.2, 0) is 16.7 Å². The molecule has 0 aliphatic rings. The van der Waals surface area contributed by atoms with Crippen molar-refractivity contribution in [1.29, 1.82) is 0 Å². The van der Waals surface area contributed by atoms with Gasteiger partial charge in [0.2, 0.25) is 0 Å². The number of nitrogens with zero attached hydrogens (tertiary/aromatic N) is 1. The molecule has 0 radical (unpaired) electrons. The Bertz CT molecular complexity index is 891. The number of amides is 1. The zero-order valence-corrected chi connectivity index (χ0v) is 17.5. The van der Waals surface area contributed by atoms with Crippen LogP contribution >= 0.6 is 0 Å². The second kappa shape index (κ2) is 9.59. The zero-order chi connectivity index (χ0) is 20.7. The molecule has 1 amide bonds. The van der Waals surface area contributed by atoms with Crippen molar-refractivity contribution >= 4 is 16.0 Å². The van der Waals surface area contributed by atoms with Crippen LogP contribution in [-0.4, -0.2) is 38.6 Å². The van der Waals surface area contributed by atoms with E-state index in [1.54, 1.807) is 60.5 Å². The van der Waals surface area contributed by atoms with Crippen molar-refractivity contribution in [2.45, 2.75) is 27.3 Å². The molecule has 7 heteroatoms. The molecule has 0 unspecified atom stereocenters. The van der Waals surface area contributed by atoms with Gasteiger partial charge in [-0.25, -0.2) is 0 Å². The number of ether oxygens (including phenoxy) is 1. The summed E-state index contributed by atoms with van der Waals surface area (Å²) in [5, 5.41) is 0. The Labute approximate surface area is 167 Å². The lowest BCUT2D eigenvalue weighted by Crippen LogP contribution is -2.33. The first kappa shape index (κ1) is 21.8. The molecule has 0 bridgehead atoms. The molecule has 0 aliphatic heterocycles. The van der Waals surface area contributed by atoms with Crippen LogP contribution in [0.3, 0.4) is 0 Å². The highest BCUT2D eigenvalue weighted by molar-refractivity contribution is 7.87. The van der Waals surface area contributed by atoms with Gasteiger partial charge in [-0.2, -0.15) is 8.42 Å². The fourth-order valence-corrected chi connectivity index (χ4v) is 3.20. The summed E-state index contributed by atoms with van der Waals surface area (Å²) in [5.41, 5.74) is 1.45. The van der Waals surface area contributed by atoms with E-state index in [9.17, 15) is 13.2 Å². The topological polar surface area (TPSA) is 72.9 Å². The number of carbonyl (C=O) groups is 1. The number of hydrogen-bond donors (Lipinski definition) is 0. The minimum atomic E-state index is -3.56. The molecule has 0 atom stereocenters. The third kappa shape index (κ3) is 6.27. The zero-order valence-electron chi connectivity index (χ0n) is 16.7. The van der Waals surface area contributed by atoms with Gasteiger partial charge in [0.1, 0.15) is 11.5 Å². The van der Waals surface area contributed by atoms with E-state index in [-0.39, 0.29) is 17.4 Å². The minimum absolute atomic E-state index is 0.0820. The van der Waals surface area contributed by atoms with Gasteiger partial charge in [-0.1, -0.05) is 32.0 Å². The number of carbonyl (C=O) groups excluding carboxylic acids is 1. The Morgan fingerprint density at radius 3 is 2.32 bits per heavy atom. The van der Waals surface area contributed by atoms with Gasteiger partial charge in [0, 0.05) is 18.7 Å². The first-order valence-corrected chi connectivity index (χ1v) is 10.8. The quantitative estimate of drug-likeness (QED) is 0.595. The van der Waals surface area contributed by atoms with Crippen molar-refractivity contribution in [3.8, 4) is 11.5 Å². The fraction of sp³-hybridized carbons (Fsp3) is 0.381. The SMILES string of the molecule is CCS(=O)(=O)Oc1ccc(CN(CC(C)C)C(=O)c2cccc(OC)c2)cc1. The summed E-state index contributed by atoms with van der Waals surface area (Å²) in [5.74, 6) is 1.02. The highest BCUT2D eigenvalue weighted by atomic mass is 32.2. The van der Waals surface area contributed by atoms with Crippen molar-refractivity contribution < 1.29 is 22.1 Å². The van der Waals surface area contributed by atoms with E-state index >= 15 is 0 Å². The van der Waals surface area contributed by atoms with E-state index in [1.807, 2.05) is 0 Å². The van der Waals surface area contributed by atoms with Crippen molar-refractivity contribution in [2.75, 3.05) is 19.4 Å². The van der Waals surface area contributed by atoms with Crippen LogP contribution in [0.15, 0.2) is 48.5 Å². The molecular formula is C21H27NO5S. The monoisotopic (exact) mass is 405 g/mol. The van der Waals surface area contributed by atoms with Crippen LogP contribution in [0.5, 0.6) is 11.5 Å². The summed E-state index contributed by atoms with van der Waals surface area (Å²) < 4.78 is 33.3. The van der Waals surface area contributed by atoms with Crippen molar-refractivity contribution in [3.63, 3.8) is 0 Å². The van der Waals surface area contributed by atoms with E-state index < -0.39 is 10.1 Å². The van der Waals surface area contributed by atoms with Gasteiger partial charge < -0.3 is 13.8 Å². The molecule has 2 rings (SSSR count). The Kier molecular flexibility index (Phi) is 7.45. The molecule has 0 aromatic heterocycles. The Morgan fingerprint density at radius 1 is 1.07 bits per heavy atom. The van der Waals surface area contributed by atoms with E-state index in [0.29, 0.717) is 30.3 Å². The normalized spacial score (nSPS) is 11.3. The summed E-state index contributed by atoms with van der Waals surface area (Å²) in [6.07, 6.45) is 0. The van der Waals surface area contributed by atoms with Crippen LogP contribution in [0.2, 0.25) is 0 Å². The largest absolute Gasteiger partial charge is 0.497 e. The molecule has 2 aromatic carbocycles. The molecule has 152 valence electrons. The molecule has 0 N–H and O–H groups in total. The van der Waals surface area contributed by atoms with Gasteiger partial charge in [0.25, 0.3) is 5.91 Å². The van der Waals surface area contributed by atoms with E-state index in [1.165, 1.54) is 6.92 Å². The third-order valence-electron chi connectivity index (χ3n) is 4.06. The van der Waals surface area contributed by atoms with Gasteiger partial charge in [0.05, 0.1) is 12.9 Å². The molecule has 0 aliphatic carbocycles. The maximum atomic E-state index is 13.0. The summed E-state index contributed by atoms with van der Waals surface area (Å²) in [6, 6.07) is 13.8. The van der Waals surface area contributed by atoms with Crippen molar-refractivity contribution in [2.24, 2.45) is 5.92 Å². The van der Waals surface area contributed by atoms with E-state index in [2.05, 4.69) is 13.8 Å². The first-order chi connectivity index (χ1) is 13.2. The van der Waals surface area contributed by atoms with E-state index in [0.717, 1.165) is 5.56 Å². The Hall–Kier alpha value is -2.54. The van der Waals surface area contributed by atoms with Crippen molar-refractivity contribution in [1.82, 2.24) is 4.90 Å². The summed E-state index contributed by atoms with van der Waals surface area (Å²) >= 11 is 0. The smallest absolute Gasteiger partial charge is 0.308 e. The predicted molar refractivity (Wildman–Crippen MR) is 109 cm³/mol. The minimum Gasteiger partial charge on any atom is -0.497 e. The lowest BCUT2D eigenvalue weighted by atomic mass is 10.1. The highest BCUT2D eigenvalue weighted by Gasteiger charge is 2.18. The second-order valence-corrected chi connectivity index (χ2v) is 8.74. The number of rotatable bonds is 9. The van der Waals surface area contributed by atoms with Gasteiger partial charge in [-0.15, -0.1) is 0 Å². The molecule has 0 fully saturated rings. The van der Waals surface area contributed by atoms with Gasteiger partial charge in [-0.05, 0) is 48.7 Å². The van der Waals surface area contributed by atoms with Gasteiger partial charge in [-0.3, -0.25) is 4.79 Å². The van der Waals surface area contributed by atoms with Crippen LogP contribution in [0.25, 0.3) is 0 Å². The summed E-state index contributed by atoms with van der Waals surface area (Å²) in [6.45, 7) is 6.64. The fourth-order valence-electron chi connectivity index (χ4n) is 2.68. The number of hydrogen-bond acceptors (Lipinski definition) is 5. The number of methoxy groups -OCH3 is 1. The lowest BCUT2D eigenvalue weighted by molar-refractivity contribution is 0.0722. The maximum Gasteiger partial charge on any atom is 0.308 e.